The van der Waals surface area contributed by atoms with Gasteiger partial charge in [-0.3, -0.25) is 4.90 Å². The van der Waals surface area contributed by atoms with Gasteiger partial charge in [0.1, 0.15) is 0 Å². The molecule has 2 aromatic carbocycles. The van der Waals surface area contributed by atoms with Gasteiger partial charge in [0.25, 0.3) is 0 Å². The zero-order chi connectivity index (χ0) is 20.5. The first kappa shape index (κ1) is 21.9. The molecule has 0 radical (unpaired) electrons. The summed E-state index contributed by atoms with van der Waals surface area (Å²) >= 11 is 6.48. The van der Waals surface area contributed by atoms with E-state index < -0.39 is 0 Å². The largest absolute Gasteiger partial charge is 0.493 e. The van der Waals surface area contributed by atoms with Gasteiger partial charge in [0, 0.05) is 32.2 Å². The molecule has 0 saturated carbocycles. The van der Waals surface area contributed by atoms with Crippen molar-refractivity contribution >= 4 is 11.6 Å². The first-order chi connectivity index (χ1) is 14.2. The van der Waals surface area contributed by atoms with Gasteiger partial charge >= 0.3 is 0 Å². The van der Waals surface area contributed by atoms with E-state index in [4.69, 9.17) is 25.8 Å². The van der Waals surface area contributed by atoms with Crippen LogP contribution in [0.3, 0.4) is 0 Å². The van der Waals surface area contributed by atoms with Gasteiger partial charge in [-0.05, 0) is 29.7 Å². The second-order valence-corrected chi connectivity index (χ2v) is 7.62. The van der Waals surface area contributed by atoms with Gasteiger partial charge in [0.2, 0.25) is 0 Å². The average Bonchev–Trinajstić information content (AvgIpc) is 2.76. The summed E-state index contributed by atoms with van der Waals surface area (Å²) in [7, 11) is 1.65. The zero-order valence-electron chi connectivity index (χ0n) is 17.3. The van der Waals surface area contributed by atoms with Crippen molar-refractivity contribution < 1.29 is 14.2 Å². The van der Waals surface area contributed by atoms with E-state index >= 15 is 0 Å². The summed E-state index contributed by atoms with van der Waals surface area (Å²) < 4.78 is 16.8. The van der Waals surface area contributed by atoms with E-state index in [0.29, 0.717) is 29.7 Å². The van der Waals surface area contributed by atoms with E-state index in [0.717, 1.165) is 44.8 Å². The molecule has 1 saturated heterocycles. The number of methoxy groups -OCH3 is 1. The van der Waals surface area contributed by atoms with Crippen LogP contribution in [0.2, 0.25) is 5.02 Å². The first-order valence-corrected chi connectivity index (χ1v) is 10.7. The number of ether oxygens (including phenoxy) is 3. The van der Waals surface area contributed by atoms with E-state index in [-0.39, 0.29) is 6.04 Å². The maximum atomic E-state index is 6.48. The number of hydrogen-bond acceptors (Lipinski definition) is 5. The van der Waals surface area contributed by atoms with Crippen molar-refractivity contribution in [3.05, 3.63) is 58.6 Å². The third kappa shape index (κ3) is 6.34. The summed E-state index contributed by atoms with van der Waals surface area (Å²) in [5, 5.41) is 4.29. The summed E-state index contributed by atoms with van der Waals surface area (Å²) in [5.41, 5.74) is 2.35. The zero-order valence-corrected chi connectivity index (χ0v) is 18.1. The highest BCUT2D eigenvalue weighted by molar-refractivity contribution is 6.32. The van der Waals surface area contributed by atoms with Crippen LogP contribution in [0.25, 0.3) is 0 Å². The van der Waals surface area contributed by atoms with Crippen LogP contribution in [0.4, 0.5) is 0 Å². The fourth-order valence-electron chi connectivity index (χ4n) is 3.48. The fourth-order valence-corrected chi connectivity index (χ4v) is 3.76. The Balaban J connectivity index is 1.72. The Kier molecular flexibility index (Phi) is 8.62. The number of nitrogens with zero attached hydrogens (tertiary/aromatic N) is 1. The minimum Gasteiger partial charge on any atom is -0.493 e. The third-order valence-electron chi connectivity index (χ3n) is 5.04. The molecule has 0 amide bonds. The monoisotopic (exact) mass is 418 g/mol. The van der Waals surface area contributed by atoms with Crippen molar-refractivity contribution in [2.45, 2.75) is 25.9 Å². The van der Waals surface area contributed by atoms with Gasteiger partial charge in [-0.1, -0.05) is 48.9 Å². The van der Waals surface area contributed by atoms with Crippen LogP contribution < -0.4 is 14.8 Å². The molecule has 1 aliphatic rings. The standard InChI is InChI=1S/C23H31ClN2O3/c1-3-11-29-23-20(24)14-18(15-22(23)27-2)16-25-21(19-7-5-4-6-8-19)17-26-9-12-28-13-10-26/h4-8,14-15,21,25H,3,9-13,16-17H2,1-2H3. The van der Waals surface area contributed by atoms with E-state index in [1.807, 2.05) is 12.1 Å². The lowest BCUT2D eigenvalue weighted by Gasteiger charge is -2.31. The van der Waals surface area contributed by atoms with Gasteiger partial charge in [-0.25, -0.2) is 0 Å². The molecule has 1 unspecified atom stereocenters. The predicted octanol–water partition coefficient (Wildman–Crippen LogP) is 4.30. The van der Waals surface area contributed by atoms with Gasteiger partial charge in [0.05, 0.1) is 32.0 Å². The van der Waals surface area contributed by atoms with Crippen molar-refractivity contribution in [1.29, 1.82) is 0 Å². The number of hydrogen-bond donors (Lipinski definition) is 1. The lowest BCUT2D eigenvalue weighted by atomic mass is 10.1. The van der Waals surface area contributed by atoms with Crippen LogP contribution in [0.5, 0.6) is 11.5 Å². The van der Waals surface area contributed by atoms with Gasteiger partial charge in [-0.2, -0.15) is 0 Å². The Labute approximate surface area is 178 Å². The van der Waals surface area contributed by atoms with Crippen LogP contribution in [0.1, 0.15) is 30.5 Å². The van der Waals surface area contributed by atoms with Crippen LogP contribution in [0, 0.1) is 0 Å². The van der Waals surface area contributed by atoms with Crippen LogP contribution in [0.15, 0.2) is 42.5 Å². The summed E-state index contributed by atoms with van der Waals surface area (Å²) in [4.78, 5) is 2.45. The van der Waals surface area contributed by atoms with Crippen molar-refractivity contribution in [2.75, 3.05) is 46.6 Å². The lowest BCUT2D eigenvalue weighted by molar-refractivity contribution is 0.0333. The lowest BCUT2D eigenvalue weighted by Crippen LogP contribution is -2.41. The smallest absolute Gasteiger partial charge is 0.179 e. The second kappa shape index (κ2) is 11.4. The molecule has 6 heteroatoms. The van der Waals surface area contributed by atoms with Crippen molar-refractivity contribution in [3.8, 4) is 11.5 Å². The average molecular weight is 419 g/mol. The minimum atomic E-state index is 0.218. The molecule has 2 aromatic rings. The molecule has 0 bridgehead atoms. The fraction of sp³-hybridized carbons (Fsp3) is 0.478. The minimum absolute atomic E-state index is 0.218. The second-order valence-electron chi connectivity index (χ2n) is 7.21. The highest BCUT2D eigenvalue weighted by Gasteiger charge is 2.19. The maximum absolute atomic E-state index is 6.48. The Bertz CT molecular complexity index is 751. The highest BCUT2D eigenvalue weighted by atomic mass is 35.5. The van der Waals surface area contributed by atoms with Crippen molar-refractivity contribution in [2.24, 2.45) is 0 Å². The van der Waals surface area contributed by atoms with Gasteiger partial charge in [0.15, 0.2) is 11.5 Å². The third-order valence-corrected chi connectivity index (χ3v) is 5.32. The number of morpholine rings is 1. The van der Waals surface area contributed by atoms with Crippen LogP contribution in [-0.2, 0) is 11.3 Å². The number of benzene rings is 2. The molecule has 158 valence electrons. The predicted molar refractivity (Wildman–Crippen MR) is 117 cm³/mol. The normalized spacial score (nSPS) is 15.8. The summed E-state index contributed by atoms with van der Waals surface area (Å²) in [6, 6.07) is 14.7. The molecule has 1 fully saturated rings. The van der Waals surface area contributed by atoms with E-state index in [1.54, 1.807) is 7.11 Å². The molecular weight excluding hydrogens is 388 g/mol. The van der Waals surface area contributed by atoms with E-state index in [2.05, 4.69) is 47.5 Å². The van der Waals surface area contributed by atoms with E-state index in [9.17, 15) is 0 Å². The quantitative estimate of drug-likeness (QED) is 0.623. The molecule has 1 aliphatic heterocycles. The van der Waals surface area contributed by atoms with Crippen LogP contribution in [-0.4, -0.2) is 51.5 Å². The Morgan fingerprint density at radius 1 is 1.17 bits per heavy atom. The molecule has 1 N–H and O–H groups in total. The number of halogens is 1. The number of nitrogens with one attached hydrogen (secondary N) is 1. The maximum Gasteiger partial charge on any atom is 0.179 e. The highest BCUT2D eigenvalue weighted by Crippen LogP contribution is 2.36. The van der Waals surface area contributed by atoms with Gasteiger partial charge < -0.3 is 19.5 Å². The number of rotatable bonds is 10. The summed E-state index contributed by atoms with van der Waals surface area (Å²) in [6.45, 7) is 7.84. The molecule has 5 nitrogen and oxygen atoms in total. The Morgan fingerprint density at radius 3 is 2.62 bits per heavy atom. The molecule has 29 heavy (non-hydrogen) atoms. The Morgan fingerprint density at radius 2 is 1.93 bits per heavy atom. The topological polar surface area (TPSA) is 43.0 Å². The van der Waals surface area contributed by atoms with Crippen molar-refractivity contribution in [1.82, 2.24) is 10.2 Å². The summed E-state index contributed by atoms with van der Waals surface area (Å²) in [6.07, 6.45) is 0.920. The molecule has 0 spiro atoms. The van der Waals surface area contributed by atoms with E-state index in [1.165, 1.54) is 5.56 Å². The SMILES string of the molecule is CCCOc1c(Cl)cc(CNC(CN2CCOCC2)c2ccccc2)cc1OC. The molecule has 3 rings (SSSR count). The Hall–Kier alpha value is -1.79. The molecule has 0 aliphatic carbocycles. The first-order valence-electron chi connectivity index (χ1n) is 10.3. The van der Waals surface area contributed by atoms with Crippen molar-refractivity contribution in [3.63, 3.8) is 0 Å². The molecule has 1 atom stereocenters. The summed E-state index contributed by atoms with van der Waals surface area (Å²) in [5.74, 6) is 1.29. The molecule has 1 heterocycles. The molecule has 0 aromatic heterocycles. The van der Waals surface area contributed by atoms with Crippen LogP contribution >= 0.6 is 11.6 Å². The van der Waals surface area contributed by atoms with Gasteiger partial charge in [-0.15, -0.1) is 0 Å². The molecular formula is C23H31ClN2O3.